The third-order valence-corrected chi connectivity index (χ3v) is 2.79. The van der Waals surface area contributed by atoms with E-state index in [1.165, 1.54) is 6.07 Å². The Morgan fingerprint density at radius 3 is 2.37 bits per heavy atom. The molecule has 0 heterocycles. The van der Waals surface area contributed by atoms with Crippen molar-refractivity contribution in [2.45, 2.75) is 13.8 Å². The minimum absolute atomic E-state index is 0.0146. The van der Waals surface area contributed by atoms with E-state index in [0.29, 0.717) is 0 Å². The summed E-state index contributed by atoms with van der Waals surface area (Å²) < 4.78 is 13.7. The zero-order chi connectivity index (χ0) is 14.8. The molecule has 0 aliphatic carbocycles. The van der Waals surface area contributed by atoms with Crippen molar-refractivity contribution in [3.8, 4) is 0 Å². The van der Waals surface area contributed by atoms with E-state index in [4.69, 9.17) is 17.2 Å². The largest absolute Gasteiger partial charge is 0.398 e. The Balaban J connectivity index is 2.99. The molecule has 0 saturated carbocycles. The smallest absolute Gasteiger partial charge is 0.250 e. The Bertz CT molecular complexity index is 529. The quantitative estimate of drug-likeness (QED) is 0.578. The lowest BCUT2D eigenvalue weighted by Crippen LogP contribution is -2.37. The van der Waals surface area contributed by atoms with E-state index in [-0.39, 0.29) is 23.5 Å². The second kappa shape index (κ2) is 5.13. The van der Waals surface area contributed by atoms with Crippen LogP contribution in [0.5, 0.6) is 0 Å². The zero-order valence-corrected chi connectivity index (χ0v) is 10.8. The molecule has 7 N–H and O–H groups in total. The molecule has 0 spiro atoms. The lowest BCUT2D eigenvalue weighted by molar-refractivity contribution is -0.125. The summed E-state index contributed by atoms with van der Waals surface area (Å²) in [7, 11) is 0. The maximum atomic E-state index is 13.7. The van der Waals surface area contributed by atoms with Gasteiger partial charge in [-0.25, -0.2) is 4.39 Å². The summed E-state index contributed by atoms with van der Waals surface area (Å²) >= 11 is 0. The van der Waals surface area contributed by atoms with Gasteiger partial charge in [0.25, 0.3) is 5.91 Å². The molecule has 19 heavy (non-hydrogen) atoms. The first-order valence-corrected chi connectivity index (χ1v) is 5.58. The molecule has 0 radical (unpaired) electrons. The Kier molecular flexibility index (Phi) is 3.98. The molecular weight excluding hydrogens is 251 g/mol. The number of amides is 2. The molecule has 1 aromatic carbocycles. The van der Waals surface area contributed by atoms with Gasteiger partial charge in [-0.3, -0.25) is 9.59 Å². The molecule has 0 aliphatic rings. The van der Waals surface area contributed by atoms with Gasteiger partial charge in [0.05, 0.1) is 16.7 Å². The summed E-state index contributed by atoms with van der Waals surface area (Å²) in [6.45, 7) is 3.35. The lowest BCUT2D eigenvalue weighted by atomic mass is 9.92. The molecule has 1 aromatic rings. The summed E-state index contributed by atoms with van der Waals surface area (Å²) in [6, 6.07) is 2.21. The molecule has 0 aliphatic heterocycles. The number of anilines is 2. The molecule has 0 fully saturated rings. The Morgan fingerprint density at radius 1 is 1.32 bits per heavy atom. The van der Waals surface area contributed by atoms with E-state index in [2.05, 4.69) is 5.32 Å². The first-order chi connectivity index (χ1) is 8.65. The fourth-order valence-corrected chi connectivity index (χ4v) is 1.34. The predicted molar refractivity (Wildman–Crippen MR) is 70.8 cm³/mol. The number of carbonyl (C=O) groups excluding carboxylic acids is 2. The van der Waals surface area contributed by atoms with Crippen molar-refractivity contribution in [1.82, 2.24) is 0 Å². The monoisotopic (exact) mass is 268 g/mol. The minimum atomic E-state index is -0.860. The highest BCUT2D eigenvalue weighted by atomic mass is 19.1. The van der Waals surface area contributed by atoms with E-state index < -0.39 is 23.0 Å². The van der Waals surface area contributed by atoms with Crippen molar-refractivity contribution in [2.24, 2.45) is 16.9 Å². The van der Waals surface area contributed by atoms with Gasteiger partial charge in [-0.15, -0.1) is 0 Å². The average molecular weight is 268 g/mol. The number of carbonyl (C=O) groups is 2. The second-order valence-corrected chi connectivity index (χ2v) is 4.89. The number of nitrogen functional groups attached to an aromatic ring is 1. The molecule has 6 nitrogen and oxygen atoms in total. The number of halogens is 1. The third kappa shape index (κ3) is 3.34. The van der Waals surface area contributed by atoms with E-state index in [0.717, 1.165) is 6.07 Å². The average Bonchev–Trinajstić information content (AvgIpc) is 2.27. The summed E-state index contributed by atoms with van der Waals surface area (Å²) in [5, 5.41) is 2.72. The Morgan fingerprint density at radius 2 is 1.89 bits per heavy atom. The van der Waals surface area contributed by atoms with E-state index >= 15 is 0 Å². The molecule has 104 valence electrons. The highest BCUT2D eigenvalue weighted by Gasteiger charge is 2.25. The molecule has 0 unspecified atom stereocenters. The minimum Gasteiger partial charge on any atom is -0.398 e. The van der Waals surface area contributed by atoms with Crippen molar-refractivity contribution < 1.29 is 14.0 Å². The fourth-order valence-electron chi connectivity index (χ4n) is 1.34. The summed E-state index contributed by atoms with van der Waals surface area (Å²) in [6.07, 6.45) is 0. The van der Waals surface area contributed by atoms with Crippen LogP contribution in [0.15, 0.2) is 12.1 Å². The van der Waals surface area contributed by atoms with Gasteiger partial charge in [-0.1, -0.05) is 0 Å². The lowest BCUT2D eigenvalue weighted by Gasteiger charge is -2.22. The predicted octanol–water partition coefficient (Wildman–Crippen LogP) is 0.430. The van der Waals surface area contributed by atoms with Crippen molar-refractivity contribution in [2.75, 3.05) is 17.6 Å². The van der Waals surface area contributed by atoms with Crippen molar-refractivity contribution in [1.29, 1.82) is 0 Å². The van der Waals surface area contributed by atoms with Gasteiger partial charge in [-0.05, 0) is 26.0 Å². The van der Waals surface area contributed by atoms with Crippen LogP contribution in [-0.4, -0.2) is 18.4 Å². The maximum absolute atomic E-state index is 13.7. The van der Waals surface area contributed by atoms with Crippen LogP contribution < -0.4 is 22.5 Å². The summed E-state index contributed by atoms with van der Waals surface area (Å²) in [5.74, 6) is -1.91. The molecule has 0 aromatic heterocycles. The highest BCUT2D eigenvalue weighted by Crippen LogP contribution is 2.23. The Hall–Kier alpha value is -2.31. The van der Waals surface area contributed by atoms with Crippen LogP contribution in [0.3, 0.4) is 0 Å². The van der Waals surface area contributed by atoms with E-state index in [1.807, 2.05) is 0 Å². The number of rotatable bonds is 5. The van der Waals surface area contributed by atoms with Gasteiger partial charge in [0.15, 0.2) is 0 Å². The zero-order valence-electron chi connectivity index (χ0n) is 10.8. The normalized spacial score (nSPS) is 11.1. The van der Waals surface area contributed by atoms with E-state index in [1.54, 1.807) is 13.8 Å². The first-order valence-electron chi connectivity index (χ1n) is 5.58. The molecule has 0 saturated heterocycles. The molecule has 2 amide bonds. The van der Waals surface area contributed by atoms with Crippen LogP contribution >= 0.6 is 0 Å². The van der Waals surface area contributed by atoms with Crippen LogP contribution in [0.2, 0.25) is 0 Å². The Labute approximate surface area is 110 Å². The van der Waals surface area contributed by atoms with Gasteiger partial charge in [0.1, 0.15) is 5.82 Å². The molecule has 0 bridgehead atoms. The van der Waals surface area contributed by atoms with Gasteiger partial charge < -0.3 is 22.5 Å². The highest BCUT2D eigenvalue weighted by molar-refractivity contribution is 5.99. The van der Waals surface area contributed by atoms with Crippen LogP contribution in [-0.2, 0) is 4.79 Å². The number of primary amides is 2. The van der Waals surface area contributed by atoms with Crippen LogP contribution in [0.1, 0.15) is 24.2 Å². The fraction of sp³-hybridized carbons (Fsp3) is 0.333. The summed E-state index contributed by atoms with van der Waals surface area (Å²) in [4.78, 5) is 22.3. The number of nitrogens with two attached hydrogens (primary N) is 3. The topological polar surface area (TPSA) is 124 Å². The number of hydrogen-bond acceptors (Lipinski definition) is 4. The second-order valence-electron chi connectivity index (χ2n) is 4.89. The standard InChI is InChI=1S/C12H17FN4O2/c1-12(2,11(16)19)5-17-9-3-6(10(15)18)8(14)4-7(9)13/h3-4,17H,5,14H2,1-2H3,(H2,15,18)(H2,16,19). The van der Waals surface area contributed by atoms with Gasteiger partial charge in [-0.2, -0.15) is 0 Å². The van der Waals surface area contributed by atoms with Crippen LogP contribution in [0.25, 0.3) is 0 Å². The van der Waals surface area contributed by atoms with Gasteiger partial charge in [0, 0.05) is 12.2 Å². The van der Waals surface area contributed by atoms with Gasteiger partial charge >= 0.3 is 0 Å². The van der Waals surface area contributed by atoms with Crippen molar-refractivity contribution in [3.05, 3.63) is 23.5 Å². The third-order valence-electron chi connectivity index (χ3n) is 2.79. The maximum Gasteiger partial charge on any atom is 0.250 e. The molecule has 7 heteroatoms. The van der Waals surface area contributed by atoms with Crippen LogP contribution in [0, 0.1) is 11.2 Å². The van der Waals surface area contributed by atoms with Crippen LogP contribution in [0.4, 0.5) is 15.8 Å². The van der Waals surface area contributed by atoms with Crippen molar-refractivity contribution >= 4 is 23.2 Å². The SMILES string of the molecule is CC(C)(CNc1cc(C(N)=O)c(N)cc1F)C(N)=O. The molecular formula is C12H17FN4O2. The van der Waals surface area contributed by atoms with E-state index in [9.17, 15) is 14.0 Å². The first kappa shape index (κ1) is 14.7. The summed E-state index contributed by atoms with van der Waals surface area (Å²) in [5.41, 5.74) is 15.0. The van der Waals surface area contributed by atoms with Gasteiger partial charge in [0.2, 0.25) is 5.91 Å². The number of benzene rings is 1. The number of hydrogen-bond donors (Lipinski definition) is 4. The molecule has 0 atom stereocenters. The number of nitrogens with one attached hydrogen (secondary N) is 1. The molecule has 1 rings (SSSR count). The van der Waals surface area contributed by atoms with Crippen molar-refractivity contribution in [3.63, 3.8) is 0 Å².